The SMILES string of the molecule is CC(C)c1ccc(-c2csc3ncnc(Nc4cccc5cccnc45)c23)cc1. The van der Waals surface area contributed by atoms with Gasteiger partial charge in [-0.3, -0.25) is 4.98 Å². The van der Waals surface area contributed by atoms with Crippen molar-refractivity contribution >= 4 is 44.0 Å². The molecule has 0 saturated heterocycles. The van der Waals surface area contributed by atoms with E-state index < -0.39 is 0 Å². The third-order valence-corrected chi connectivity index (χ3v) is 6.03. The van der Waals surface area contributed by atoms with E-state index in [1.165, 1.54) is 11.1 Å². The molecule has 2 aromatic carbocycles. The highest BCUT2D eigenvalue weighted by molar-refractivity contribution is 7.17. The van der Waals surface area contributed by atoms with Crippen molar-refractivity contribution in [2.45, 2.75) is 19.8 Å². The van der Waals surface area contributed by atoms with Crippen LogP contribution in [0.5, 0.6) is 0 Å². The molecule has 0 unspecified atom stereocenters. The molecule has 0 bridgehead atoms. The molecule has 0 amide bonds. The Hall–Kier alpha value is -3.31. The first kappa shape index (κ1) is 17.8. The molecule has 142 valence electrons. The first-order valence-corrected chi connectivity index (χ1v) is 10.5. The van der Waals surface area contributed by atoms with Gasteiger partial charge < -0.3 is 5.32 Å². The van der Waals surface area contributed by atoms with E-state index in [9.17, 15) is 0 Å². The second-order valence-electron chi connectivity index (χ2n) is 7.33. The van der Waals surface area contributed by atoms with Crippen molar-refractivity contribution in [2.75, 3.05) is 5.32 Å². The van der Waals surface area contributed by atoms with Gasteiger partial charge in [-0.1, -0.05) is 56.3 Å². The van der Waals surface area contributed by atoms with Crippen LogP contribution in [0.4, 0.5) is 11.5 Å². The molecule has 5 aromatic rings. The van der Waals surface area contributed by atoms with Gasteiger partial charge in [0, 0.05) is 22.5 Å². The number of benzene rings is 2. The lowest BCUT2D eigenvalue weighted by atomic mass is 9.99. The molecule has 0 aliphatic rings. The van der Waals surface area contributed by atoms with Crippen molar-refractivity contribution in [2.24, 2.45) is 0 Å². The van der Waals surface area contributed by atoms with Crippen LogP contribution in [0.3, 0.4) is 0 Å². The van der Waals surface area contributed by atoms with E-state index in [4.69, 9.17) is 0 Å². The molecule has 5 heteroatoms. The van der Waals surface area contributed by atoms with Gasteiger partial charge in [0.15, 0.2) is 0 Å². The predicted molar refractivity (Wildman–Crippen MR) is 122 cm³/mol. The van der Waals surface area contributed by atoms with Gasteiger partial charge in [-0.05, 0) is 29.2 Å². The van der Waals surface area contributed by atoms with Gasteiger partial charge in [0.2, 0.25) is 0 Å². The van der Waals surface area contributed by atoms with E-state index in [0.717, 1.165) is 38.2 Å². The van der Waals surface area contributed by atoms with Crippen LogP contribution in [0.25, 0.3) is 32.2 Å². The average molecular weight is 397 g/mol. The van der Waals surface area contributed by atoms with Crippen LogP contribution in [-0.2, 0) is 0 Å². The van der Waals surface area contributed by atoms with E-state index in [0.29, 0.717) is 5.92 Å². The predicted octanol–water partition coefficient (Wildman–Crippen LogP) is 6.77. The second kappa shape index (κ2) is 7.26. The first-order chi connectivity index (χ1) is 14.2. The lowest BCUT2D eigenvalue weighted by molar-refractivity contribution is 0.867. The molecule has 0 radical (unpaired) electrons. The summed E-state index contributed by atoms with van der Waals surface area (Å²) >= 11 is 1.64. The third kappa shape index (κ3) is 3.23. The largest absolute Gasteiger partial charge is 0.338 e. The molecule has 3 aromatic heterocycles. The molecule has 29 heavy (non-hydrogen) atoms. The lowest BCUT2D eigenvalue weighted by Crippen LogP contribution is -1.97. The van der Waals surface area contributed by atoms with E-state index in [-0.39, 0.29) is 0 Å². The fourth-order valence-corrected chi connectivity index (χ4v) is 4.48. The maximum Gasteiger partial charge on any atom is 0.143 e. The Bertz CT molecular complexity index is 1300. The summed E-state index contributed by atoms with van der Waals surface area (Å²) < 4.78 is 0. The van der Waals surface area contributed by atoms with Gasteiger partial charge >= 0.3 is 0 Å². The fourth-order valence-electron chi connectivity index (χ4n) is 3.56. The summed E-state index contributed by atoms with van der Waals surface area (Å²) in [5.74, 6) is 1.32. The summed E-state index contributed by atoms with van der Waals surface area (Å²) in [7, 11) is 0. The minimum atomic E-state index is 0.516. The van der Waals surface area contributed by atoms with Gasteiger partial charge in [0.05, 0.1) is 16.6 Å². The van der Waals surface area contributed by atoms with E-state index in [1.54, 1.807) is 17.7 Å². The Morgan fingerprint density at radius 1 is 0.897 bits per heavy atom. The van der Waals surface area contributed by atoms with Crippen LogP contribution in [0.2, 0.25) is 0 Å². The summed E-state index contributed by atoms with van der Waals surface area (Å²) in [6.07, 6.45) is 3.43. The molecule has 0 aliphatic heterocycles. The normalized spacial score (nSPS) is 11.4. The summed E-state index contributed by atoms with van der Waals surface area (Å²) in [6, 6.07) is 18.9. The van der Waals surface area contributed by atoms with Crippen LogP contribution < -0.4 is 5.32 Å². The molecule has 4 nitrogen and oxygen atoms in total. The molecule has 3 heterocycles. The van der Waals surface area contributed by atoms with Crippen molar-refractivity contribution in [3.05, 3.63) is 78.1 Å². The maximum absolute atomic E-state index is 4.57. The number of fused-ring (bicyclic) bond motifs is 2. The fraction of sp³-hybridized carbons (Fsp3) is 0.125. The van der Waals surface area contributed by atoms with E-state index >= 15 is 0 Å². The van der Waals surface area contributed by atoms with Gasteiger partial charge in [0.1, 0.15) is 17.0 Å². The molecule has 0 aliphatic carbocycles. The Kier molecular flexibility index (Phi) is 4.45. The summed E-state index contributed by atoms with van der Waals surface area (Å²) in [5.41, 5.74) is 5.53. The van der Waals surface area contributed by atoms with Gasteiger partial charge in [-0.15, -0.1) is 11.3 Å². The number of hydrogen-bond acceptors (Lipinski definition) is 5. The summed E-state index contributed by atoms with van der Waals surface area (Å²) in [5, 5.41) is 7.81. The highest BCUT2D eigenvalue weighted by atomic mass is 32.1. The standard InChI is InChI=1S/C24H20N4S/c1-15(2)16-8-10-17(11-9-16)19-13-29-24-21(19)23(26-14-27-24)28-20-7-3-5-18-6-4-12-25-22(18)20/h3-15H,1-2H3,(H,26,27,28). The van der Waals surface area contributed by atoms with Crippen LogP contribution >= 0.6 is 11.3 Å². The minimum Gasteiger partial charge on any atom is -0.338 e. The monoisotopic (exact) mass is 396 g/mol. The van der Waals surface area contributed by atoms with Crippen molar-refractivity contribution in [1.29, 1.82) is 0 Å². The average Bonchev–Trinajstić information content (AvgIpc) is 3.19. The number of aromatic nitrogens is 3. The van der Waals surface area contributed by atoms with E-state index in [2.05, 4.69) is 75.9 Å². The molecule has 0 atom stereocenters. The van der Waals surface area contributed by atoms with Crippen molar-refractivity contribution in [3.8, 4) is 11.1 Å². The smallest absolute Gasteiger partial charge is 0.143 e. The van der Waals surface area contributed by atoms with Crippen LogP contribution in [0.15, 0.2) is 72.5 Å². The minimum absolute atomic E-state index is 0.516. The number of hydrogen-bond donors (Lipinski definition) is 1. The number of rotatable bonds is 4. The molecule has 0 saturated carbocycles. The maximum atomic E-state index is 4.57. The number of nitrogens with zero attached hydrogens (tertiary/aromatic N) is 3. The molecule has 0 spiro atoms. The van der Waals surface area contributed by atoms with Crippen LogP contribution in [0, 0.1) is 0 Å². The van der Waals surface area contributed by atoms with Crippen LogP contribution in [0.1, 0.15) is 25.3 Å². The number of para-hydroxylation sites is 1. The van der Waals surface area contributed by atoms with Crippen LogP contribution in [-0.4, -0.2) is 15.0 Å². The molecule has 1 N–H and O–H groups in total. The lowest BCUT2D eigenvalue weighted by Gasteiger charge is -2.11. The molecular formula is C24H20N4S. The third-order valence-electron chi connectivity index (χ3n) is 5.14. The van der Waals surface area contributed by atoms with Gasteiger partial charge in [-0.2, -0.15) is 0 Å². The van der Waals surface area contributed by atoms with Gasteiger partial charge in [0.25, 0.3) is 0 Å². The zero-order chi connectivity index (χ0) is 19.8. The Morgan fingerprint density at radius 3 is 2.55 bits per heavy atom. The van der Waals surface area contributed by atoms with Gasteiger partial charge in [-0.25, -0.2) is 9.97 Å². The first-order valence-electron chi connectivity index (χ1n) is 9.64. The highest BCUT2D eigenvalue weighted by Gasteiger charge is 2.14. The zero-order valence-electron chi connectivity index (χ0n) is 16.3. The molecular weight excluding hydrogens is 376 g/mol. The summed E-state index contributed by atoms with van der Waals surface area (Å²) in [6.45, 7) is 4.42. The Labute approximate surface area is 173 Å². The van der Waals surface area contributed by atoms with Crippen molar-refractivity contribution in [3.63, 3.8) is 0 Å². The number of anilines is 2. The molecule has 5 rings (SSSR count). The quantitative estimate of drug-likeness (QED) is 0.364. The van der Waals surface area contributed by atoms with Crippen molar-refractivity contribution < 1.29 is 0 Å². The summed E-state index contributed by atoms with van der Waals surface area (Å²) in [4.78, 5) is 14.6. The number of thiophene rings is 1. The van der Waals surface area contributed by atoms with E-state index in [1.807, 2.05) is 24.4 Å². The number of nitrogens with one attached hydrogen (secondary N) is 1. The van der Waals surface area contributed by atoms with Crippen molar-refractivity contribution in [1.82, 2.24) is 15.0 Å². The zero-order valence-corrected chi connectivity index (χ0v) is 17.1. The Balaban J connectivity index is 1.62. The highest BCUT2D eigenvalue weighted by Crippen LogP contribution is 2.38. The Morgan fingerprint density at radius 2 is 1.72 bits per heavy atom. The second-order valence-corrected chi connectivity index (χ2v) is 8.19. The topological polar surface area (TPSA) is 50.7 Å². The number of pyridine rings is 1. The molecule has 0 fully saturated rings.